The molecule has 4 rings (SSSR count). The average molecular weight is 436 g/mol. The Hall–Kier alpha value is -3.55. The fourth-order valence-electron chi connectivity index (χ4n) is 3.24. The molecule has 0 aliphatic carbocycles. The number of anilines is 3. The van der Waals surface area contributed by atoms with Gasteiger partial charge in [-0.25, -0.2) is 13.4 Å². The second-order valence-electron chi connectivity index (χ2n) is 7.15. The molecule has 1 fully saturated rings. The van der Waals surface area contributed by atoms with Crippen molar-refractivity contribution < 1.29 is 8.42 Å². The lowest BCUT2D eigenvalue weighted by Crippen LogP contribution is -2.49. The van der Waals surface area contributed by atoms with Gasteiger partial charge in [0.2, 0.25) is 10.0 Å². The maximum Gasteiger partial charge on any atom is 0.243 e. The molecular formula is C21H21N7O2S. The Labute approximate surface area is 181 Å². The highest BCUT2D eigenvalue weighted by Gasteiger charge is 2.29. The SMILES string of the molecule is Cc1ccc(Nc2ccc(N3CCN(S(=O)(=O)c4ccc(C#N)cc4)CC3)nn2)nc1. The maximum absolute atomic E-state index is 12.9. The number of nitrogens with zero attached hydrogens (tertiary/aromatic N) is 6. The molecule has 1 N–H and O–H groups in total. The fraction of sp³-hybridized carbons (Fsp3) is 0.238. The van der Waals surface area contributed by atoms with E-state index in [1.54, 1.807) is 6.20 Å². The molecule has 1 saturated heterocycles. The Morgan fingerprint density at radius 2 is 1.65 bits per heavy atom. The second kappa shape index (κ2) is 8.67. The summed E-state index contributed by atoms with van der Waals surface area (Å²) in [6.45, 7) is 3.68. The number of sulfonamides is 1. The molecule has 31 heavy (non-hydrogen) atoms. The van der Waals surface area contributed by atoms with E-state index in [1.807, 2.05) is 42.2 Å². The van der Waals surface area contributed by atoms with E-state index >= 15 is 0 Å². The largest absolute Gasteiger partial charge is 0.352 e. The highest BCUT2D eigenvalue weighted by atomic mass is 32.2. The molecule has 0 atom stereocenters. The van der Waals surface area contributed by atoms with Crippen LogP contribution in [0.5, 0.6) is 0 Å². The maximum atomic E-state index is 12.9. The van der Waals surface area contributed by atoms with Crippen LogP contribution in [0.3, 0.4) is 0 Å². The second-order valence-corrected chi connectivity index (χ2v) is 9.09. The van der Waals surface area contributed by atoms with Gasteiger partial charge in [-0.1, -0.05) is 6.07 Å². The summed E-state index contributed by atoms with van der Waals surface area (Å²) < 4.78 is 27.2. The quantitative estimate of drug-likeness (QED) is 0.649. The minimum absolute atomic E-state index is 0.194. The molecule has 9 nitrogen and oxygen atoms in total. The summed E-state index contributed by atoms with van der Waals surface area (Å²) in [6, 6.07) is 15.5. The smallest absolute Gasteiger partial charge is 0.243 e. The van der Waals surface area contributed by atoms with Gasteiger partial charge in [-0.2, -0.15) is 9.57 Å². The summed E-state index contributed by atoms with van der Waals surface area (Å²) in [5.74, 6) is 1.97. The third kappa shape index (κ3) is 4.63. The standard InChI is InChI=1S/C21H21N7O2S/c1-16-2-7-19(23-15-16)24-20-8-9-21(26-25-20)27-10-12-28(13-11-27)31(29,30)18-5-3-17(14-22)4-6-18/h2-9,15H,10-13H2,1H3,(H,23,24,25). The van der Waals surface area contributed by atoms with E-state index in [4.69, 9.17) is 5.26 Å². The first kappa shape index (κ1) is 20.7. The van der Waals surface area contributed by atoms with Gasteiger partial charge in [-0.15, -0.1) is 10.2 Å². The van der Waals surface area contributed by atoms with Gasteiger partial charge in [-0.3, -0.25) is 0 Å². The third-order valence-corrected chi connectivity index (χ3v) is 6.91. The molecule has 10 heteroatoms. The van der Waals surface area contributed by atoms with Crippen molar-refractivity contribution in [2.24, 2.45) is 0 Å². The van der Waals surface area contributed by atoms with Gasteiger partial charge in [0.05, 0.1) is 16.5 Å². The number of nitrogens with one attached hydrogen (secondary N) is 1. The minimum atomic E-state index is -3.59. The van der Waals surface area contributed by atoms with Crippen LogP contribution in [0.25, 0.3) is 0 Å². The van der Waals surface area contributed by atoms with E-state index in [2.05, 4.69) is 20.5 Å². The van der Waals surface area contributed by atoms with Gasteiger partial charge in [-0.05, 0) is 55.0 Å². The molecule has 0 bridgehead atoms. The van der Waals surface area contributed by atoms with Gasteiger partial charge < -0.3 is 10.2 Å². The molecule has 1 aliphatic heterocycles. The van der Waals surface area contributed by atoms with Gasteiger partial charge in [0.25, 0.3) is 0 Å². The van der Waals surface area contributed by atoms with Crippen molar-refractivity contribution in [3.8, 4) is 6.07 Å². The first-order valence-electron chi connectivity index (χ1n) is 9.74. The van der Waals surface area contributed by atoms with E-state index in [9.17, 15) is 8.42 Å². The summed E-state index contributed by atoms with van der Waals surface area (Å²) in [5, 5.41) is 20.5. The van der Waals surface area contributed by atoms with Crippen molar-refractivity contribution in [2.45, 2.75) is 11.8 Å². The molecule has 2 aromatic heterocycles. The van der Waals surface area contributed by atoms with Gasteiger partial charge in [0.1, 0.15) is 5.82 Å². The predicted molar refractivity (Wildman–Crippen MR) is 116 cm³/mol. The molecule has 1 aliphatic rings. The Morgan fingerprint density at radius 3 is 2.23 bits per heavy atom. The monoisotopic (exact) mass is 435 g/mol. The normalized spacial score (nSPS) is 14.8. The van der Waals surface area contributed by atoms with E-state index in [0.717, 1.165) is 5.56 Å². The minimum Gasteiger partial charge on any atom is -0.352 e. The van der Waals surface area contributed by atoms with Crippen molar-refractivity contribution in [1.82, 2.24) is 19.5 Å². The first-order valence-corrected chi connectivity index (χ1v) is 11.2. The number of benzene rings is 1. The van der Waals surface area contributed by atoms with Gasteiger partial charge in [0, 0.05) is 32.4 Å². The lowest BCUT2D eigenvalue weighted by molar-refractivity contribution is 0.383. The Balaban J connectivity index is 1.38. The molecule has 158 valence electrons. The summed E-state index contributed by atoms with van der Waals surface area (Å²) in [5.41, 5.74) is 1.51. The van der Waals surface area contributed by atoms with Crippen molar-refractivity contribution in [1.29, 1.82) is 5.26 Å². The number of pyridine rings is 1. The van der Waals surface area contributed by atoms with Crippen LogP contribution in [-0.4, -0.2) is 54.1 Å². The molecule has 3 aromatic rings. The van der Waals surface area contributed by atoms with E-state index in [-0.39, 0.29) is 4.90 Å². The zero-order valence-electron chi connectivity index (χ0n) is 16.9. The topological polar surface area (TPSA) is 115 Å². The van der Waals surface area contributed by atoms with E-state index in [1.165, 1.54) is 28.6 Å². The highest BCUT2D eigenvalue weighted by molar-refractivity contribution is 7.89. The number of piperazine rings is 1. The molecular weight excluding hydrogens is 414 g/mol. The van der Waals surface area contributed by atoms with Crippen LogP contribution < -0.4 is 10.2 Å². The Kier molecular flexibility index (Phi) is 5.79. The van der Waals surface area contributed by atoms with Crippen molar-refractivity contribution >= 4 is 27.5 Å². The summed E-state index contributed by atoms with van der Waals surface area (Å²) in [7, 11) is -3.59. The summed E-state index contributed by atoms with van der Waals surface area (Å²) in [4.78, 5) is 6.48. The number of aryl methyl sites for hydroxylation is 1. The molecule has 0 unspecified atom stereocenters. The van der Waals surface area contributed by atoms with Crippen molar-refractivity contribution in [2.75, 3.05) is 36.4 Å². The number of hydrogen-bond acceptors (Lipinski definition) is 8. The third-order valence-electron chi connectivity index (χ3n) is 5.00. The van der Waals surface area contributed by atoms with Gasteiger partial charge in [0.15, 0.2) is 11.6 Å². The number of nitriles is 1. The Morgan fingerprint density at radius 1 is 0.935 bits per heavy atom. The van der Waals surface area contributed by atoms with Crippen LogP contribution in [0.1, 0.15) is 11.1 Å². The van der Waals surface area contributed by atoms with Crippen LogP contribution in [0.2, 0.25) is 0 Å². The zero-order chi connectivity index (χ0) is 21.8. The van der Waals surface area contributed by atoms with Crippen molar-refractivity contribution in [3.05, 3.63) is 65.9 Å². The Bertz CT molecular complexity index is 1180. The van der Waals surface area contributed by atoms with Crippen LogP contribution in [0.4, 0.5) is 17.5 Å². The molecule has 0 radical (unpaired) electrons. The van der Waals surface area contributed by atoms with Crippen molar-refractivity contribution in [3.63, 3.8) is 0 Å². The van der Waals surface area contributed by atoms with Crippen LogP contribution in [0, 0.1) is 18.3 Å². The zero-order valence-corrected chi connectivity index (χ0v) is 17.7. The number of rotatable bonds is 5. The molecule has 1 aromatic carbocycles. The van der Waals surface area contributed by atoms with Crippen LogP contribution >= 0.6 is 0 Å². The molecule has 3 heterocycles. The lowest BCUT2D eigenvalue weighted by Gasteiger charge is -2.34. The van der Waals surface area contributed by atoms with E-state index < -0.39 is 10.0 Å². The fourth-order valence-corrected chi connectivity index (χ4v) is 4.66. The molecule has 0 spiro atoms. The average Bonchev–Trinajstić information content (AvgIpc) is 2.81. The number of hydrogen-bond donors (Lipinski definition) is 1. The lowest BCUT2D eigenvalue weighted by atomic mass is 10.2. The summed E-state index contributed by atoms with van der Waals surface area (Å²) in [6.07, 6.45) is 1.77. The number of aromatic nitrogens is 3. The molecule has 0 saturated carbocycles. The molecule has 0 amide bonds. The highest BCUT2D eigenvalue weighted by Crippen LogP contribution is 2.21. The predicted octanol–water partition coefficient (Wildman–Crippen LogP) is 2.31. The van der Waals surface area contributed by atoms with Crippen LogP contribution in [-0.2, 0) is 10.0 Å². The van der Waals surface area contributed by atoms with Gasteiger partial charge >= 0.3 is 0 Å². The van der Waals surface area contributed by atoms with E-state index in [0.29, 0.717) is 49.2 Å². The van der Waals surface area contributed by atoms with Crippen LogP contribution in [0.15, 0.2) is 59.6 Å². The summed E-state index contributed by atoms with van der Waals surface area (Å²) >= 11 is 0. The first-order chi connectivity index (χ1) is 15.0.